The van der Waals surface area contributed by atoms with E-state index in [1.54, 1.807) is 11.3 Å². The Balaban J connectivity index is 2.14. The van der Waals surface area contributed by atoms with E-state index >= 15 is 0 Å². The van der Waals surface area contributed by atoms with Crippen LogP contribution in [0.25, 0.3) is 0 Å². The maximum absolute atomic E-state index is 10.7. The SMILES string of the molecule is Cc1nc(N(C)Cc2cccs2)sc1C=O. The van der Waals surface area contributed by atoms with Crippen molar-refractivity contribution in [2.45, 2.75) is 13.5 Å². The molecule has 0 fully saturated rings. The van der Waals surface area contributed by atoms with Crippen LogP contribution >= 0.6 is 22.7 Å². The van der Waals surface area contributed by atoms with Crippen LogP contribution in [0, 0.1) is 6.92 Å². The first-order chi connectivity index (χ1) is 7.70. The summed E-state index contributed by atoms with van der Waals surface area (Å²) >= 11 is 3.17. The van der Waals surface area contributed by atoms with Crippen LogP contribution < -0.4 is 4.90 Å². The lowest BCUT2D eigenvalue weighted by Crippen LogP contribution is -2.15. The lowest BCUT2D eigenvalue weighted by Gasteiger charge is -2.13. The summed E-state index contributed by atoms with van der Waals surface area (Å²) in [6.45, 7) is 2.70. The molecule has 0 aliphatic rings. The molecule has 0 amide bonds. The van der Waals surface area contributed by atoms with Crippen molar-refractivity contribution in [2.75, 3.05) is 11.9 Å². The van der Waals surface area contributed by atoms with Crippen molar-refractivity contribution in [1.82, 2.24) is 4.98 Å². The van der Waals surface area contributed by atoms with Gasteiger partial charge in [0.05, 0.1) is 17.1 Å². The molecule has 3 nitrogen and oxygen atoms in total. The van der Waals surface area contributed by atoms with Gasteiger partial charge >= 0.3 is 0 Å². The molecule has 0 saturated heterocycles. The molecule has 0 atom stereocenters. The molecular weight excluding hydrogens is 240 g/mol. The topological polar surface area (TPSA) is 33.2 Å². The van der Waals surface area contributed by atoms with Crippen LogP contribution in [0.5, 0.6) is 0 Å². The van der Waals surface area contributed by atoms with Crippen LogP contribution in [-0.2, 0) is 6.54 Å². The zero-order valence-corrected chi connectivity index (χ0v) is 10.8. The normalized spacial score (nSPS) is 10.4. The van der Waals surface area contributed by atoms with Gasteiger partial charge in [-0.2, -0.15) is 0 Å². The molecule has 0 bridgehead atoms. The molecule has 0 unspecified atom stereocenters. The van der Waals surface area contributed by atoms with Crippen LogP contribution in [0.4, 0.5) is 5.13 Å². The smallest absolute Gasteiger partial charge is 0.186 e. The van der Waals surface area contributed by atoms with Gasteiger partial charge in [-0.1, -0.05) is 17.4 Å². The van der Waals surface area contributed by atoms with Crippen molar-refractivity contribution >= 4 is 34.1 Å². The largest absolute Gasteiger partial charge is 0.346 e. The second-order valence-electron chi connectivity index (χ2n) is 3.50. The van der Waals surface area contributed by atoms with Crippen LogP contribution in [-0.4, -0.2) is 18.3 Å². The fourth-order valence-electron chi connectivity index (χ4n) is 1.37. The number of anilines is 1. The Morgan fingerprint density at radius 2 is 2.38 bits per heavy atom. The summed E-state index contributed by atoms with van der Waals surface area (Å²) in [6, 6.07) is 4.14. The molecule has 0 radical (unpaired) electrons. The molecule has 0 N–H and O–H groups in total. The molecule has 2 heterocycles. The molecule has 2 rings (SSSR count). The Hall–Kier alpha value is -1.20. The van der Waals surface area contributed by atoms with E-state index in [0.29, 0.717) is 4.88 Å². The molecule has 0 aliphatic carbocycles. The van der Waals surface area contributed by atoms with Gasteiger partial charge in [0.15, 0.2) is 11.4 Å². The van der Waals surface area contributed by atoms with Gasteiger partial charge in [0.25, 0.3) is 0 Å². The average molecular weight is 252 g/mol. The van der Waals surface area contributed by atoms with Gasteiger partial charge in [-0.25, -0.2) is 4.98 Å². The van der Waals surface area contributed by atoms with E-state index in [0.717, 1.165) is 23.7 Å². The molecule has 0 aromatic carbocycles. The van der Waals surface area contributed by atoms with Crippen molar-refractivity contribution in [3.05, 3.63) is 33.0 Å². The zero-order chi connectivity index (χ0) is 11.5. The maximum atomic E-state index is 10.7. The van der Waals surface area contributed by atoms with Crippen molar-refractivity contribution in [1.29, 1.82) is 0 Å². The van der Waals surface area contributed by atoms with Crippen LogP contribution in [0.1, 0.15) is 20.2 Å². The Bertz CT molecular complexity index is 476. The number of thiazole rings is 1. The minimum atomic E-state index is 0.716. The number of carbonyl (C=O) groups excluding carboxylic acids is 1. The standard InChI is InChI=1S/C11H12N2OS2/c1-8-10(7-14)16-11(12-8)13(2)6-9-4-3-5-15-9/h3-5,7H,6H2,1-2H3. The van der Waals surface area contributed by atoms with E-state index in [-0.39, 0.29) is 0 Å². The van der Waals surface area contributed by atoms with Gasteiger partial charge in [-0.15, -0.1) is 11.3 Å². The van der Waals surface area contributed by atoms with E-state index < -0.39 is 0 Å². The third-order valence-corrected chi connectivity index (χ3v) is 4.29. The monoisotopic (exact) mass is 252 g/mol. The fraction of sp³-hybridized carbons (Fsp3) is 0.273. The number of carbonyl (C=O) groups is 1. The minimum absolute atomic E-state index is 0.716. The van der Waals surface area contributed by atoms with Gasteiger partial charge < -0.3 is 4.90 Å². The lowest BCUT2D eigenvalue weighted by atomic mass is 10.4. The van der Waals surface area contributed by atoms with E-state index in [2.05, 4.69) is 21.3 Å². The molecule has 5 heteroatoms. The molecule has 2 aromatic heterocycles. The second-order valence-corrected chi connectivity index (χ2v) is 5.54. The number of aldehydes is 1. The van der Waals surface area contributed by atoms with Crippen LogP contribution in [0.3, 0.4) is 0 Å². The van der Waals surface area contributed by atoms with Crippen molar-refractivity contribution in [3.8, 4) is 0 Å². The van der Waals surface area contributed by atoms with E-state index in [4.69, 9.17) is 0 Å². The predicted molar refractivity (Wildman–Crippen MR) is 68.7 cm³/mol. The van der Waals surface area contributed by atoms with E-state index in [1.807, 2.05) is 20.0 Å². The molecule has 84 valence electrons. The first-order valence-electron chi connectivity index (χ1n) is 4.87. The lowest BCUT2D eigenvalue weighted by molar-refractivity contribution is 0.112. The highest BCUT2D eigenvalue weighted by atomic mass is 32.1. The summed E-state index contributed by atoms with van der Waals surface area (Å²) in [6.07, 6.45) is 0.871. The van der Waals surface area contributed by atoms with Crippen LogP contribution in [0.15, 0.2) is 17.5 Å². The molecular formula is C11H12N2OS2. The third-order valence-electron chi connectivity index (χ3n) is 2.23. The van der Waals surface area contributed by atoms with Gasteiger partial charge in [-0.3, -0.25) is 4.79 Å². The Labute approximate surface area is 102 Å². The highest BCUT2D eigenvalue weighted by Crippen LogP contribution is 2.25. The number of rotatable bonds is 4. The van der Waals surface area contributed by atoms with Crippen molar-refractivity contribution in [2.24, 2.45) is 0 Å². The molecule has 0 spiro atoms. The zero-order valence-electron chi connectivity index (χ0n) is 9.14. The first-order valence-corrected chi connectivity index (χ1v) is 6.56. The Morgan fingerprint density at radius 1 is 1.56 bits per heavy atom. The fourth-order valence-corrected chi connectivity index (χ4v) is 2.97. The summed E-state index contributed by atoms with van der Waals surface area (Å²) < 4.78 is 0. The second kappa shape index (κ2) is 4.76. The average Bonchev–Trinajstić information content (AvgIpc) is 2.87. The number of hydrogen-bond acceptors (Lipinski definition) is 5. The van der Waals surface area contributed by atoms with Gasteiger partial charge in [0.2, 0.25) is 0 Å². The molecule has 0 saturated carbocycles. The summed E-state index contributed by atoms with van der Waals surface area (Å²) in [4.78, 5) is 19.2. The third kappa shape index (κ3) is 2.31. The number of aryl methyl sites for hydroxylation is 1. The maximum Gasteiger partial charge on any atom is 0.186 e. The number of thiophene rings is 1. The van der Waals surface area contributed by atoms with E-state index in [9.17, 15) is 4.79 Å². The quantitative estimate of drug-likeness (QED) is 0.784. The van der Waals surface area contributed by atoms with E-state index in [1.165, 1.54) is 16.2 Å². The van der Waals surface area contributed by atoms with Gasteiger partial charge in [-0.05, 0) is 18.4 Å². The van der Waals surface area contributed by atoms with Gasteiger partial charge in [0.1, 0.15) is 0 Å². The highest BCUT2D eigenvalue weighted by molar-refractivity contribution is 7.17. The minimum Gasteiger partial charge on any atom is -0.346 e. The van der Waals surface area contributed by atoms with Gasteiger partial charge in [0, 0.05) is 11.9 Å². The van der Waals surface area contributed by atoms with Crippen molar-refractivity contribution in [3.63, 3.8) is 0 Å². The summed E-state index contributed by atoms with van der Waals surface area (Å²) in [5.74, 6) is 0. The summed E-state index contributed by atoms with van der Waals surface area (Å²) in [7, 11) is 1.99. The highest BCUT2D eigenvalue weighted by Gasteiger charge is 2.11. The van der Waals surface area contributed by atoms with Crippen LogP contribution in [0.2, 0.25) is 0 Å². The molecule has 2 aromatic rings. The Kier molecular flexibility index (Phi) is 3.36. The molecule has 16 heavy (non-hydrogen) atoms. The molecule has 0 aliphatic heterocycles. The Morgan fingerprint density at radius 3 is 2.94 bits per heavy atom. The number of aromatic nitrogens is 1. The number of nitrogens with zero attached hydrogens (tertiary/aromatic N) is 2. The first kappa shape index (κ1) is 11.3. The summed E-state index contributed by atoms with van der Waals surface area (Å²) in [5.41, 5.74) is 0.813. The summed E-state index contributed by atoms with van der Waals surface area (Å²) in [5, 5.41) is 2.96. The van der Waals surface area contributed by atoms with Crippen molar-refractivity contribution < 1.29 is 4.79 Å². The number of hydrogen-bond donors (Lipinski definition) is 0. The predicted octanol–water partition coefficient (Wildman–Crippen LogP) is 2.96.